The Morgan fingerprint density at radius 2 is 1.37 bits per heavy atom. The predicted molar refractivity (Wildman–Crippen MR) is 203 cm³/mol. The number of ether oxygens (including phenoxy) is 7. The molecule has 1 aromatic heterocycles. The van der Waals surface area contributed by atoms with Crippen molar-refractivity contribution in [2.45, 2.75) is 33.0 Å². The molecule has 0 radical (unpaired) electrons. The Morgan fingerprint density at radius 1 is 0.815 bits per heavy atom. The fourth-order valence-corrected chi connectivity index (χ4v) is 4.77. The maximum Gasteiger partial charge on any atom is 0.338 e. The molecule has 0 saturated carbocycles. The summed E-state index contributed by atoms with van der Waals surface area (Å²) in [5, 5.41) is 13.4. The molecule has 3 rings (SSSR count). The molecule has 2 aromatic carbocycles. The van der Waals surface area contributed by atoms with Gasteiger partial charge in [0.15, 0.2) is 5.82 Å². The molecule has 0 unspecified atom stereocenters. The van der Waals surface area contributed by atoms with E-state index in [1.54, 1.807) is 37.4 Å². The van der Waals surface area contributed by atoms with Crippen LogP contribution in [0.15, 0.2) is 53.5 Å². The van der Waals surface area contributed by atoms with Crippen LogP contribution in [0.2, 0.25) is 0 Å². The smallest absolute Gasteiger partial charge is 0.338 e. The molecule has 0 fully saturated rings. The standard InChI is InChI=1S/C37H53N7O10/c1-26(2)43-35-36(46)44(25-33(45)41-23-27-4-6-28(7-5-27)34(39)40)32(24-42-35)29-20-30(22-31(38)21-29)37(47)54-19-18-53-17-16-52-15-14-51-13-12-50-11-10-49-9-8-48-3/h4-7,20-22,24,26H,8-19,23,25,38H2,1-3H3,(H3,39,40)(H,41,45)(H,42,43). The van der Waals surface area contributed by atoms with Crippen molar-refractivity contribution >= 4 is 29.2 Å². The SMILES string of the molecule is COCCOCCOCCOCCOCCOCCOC(=O)c1cc(N)cc(-c2cnc(NC(C)C)c(=O)n2CC(=O)NCc2ccc(C(=N)N)cc2)c1. The molecule has 0 bridgehead atoms. The van der Waals surface area contributed by atoms with Gasteiger partial charge >= 0.3 is 5.97 Å². The van der Waals surface area contributed by atoms with Gasteiger partial charge in [0.2, 0.25) is 5.91 Å². The lowest BCUT2D eigenvalue weighted by molar-refractivity contribution is -0.121. The van der Waals surface area contributed by atoms with Gasteiger partial charge in [0, 0.05) is 36.5 Å². The molecule has 7 N–H and O–H groups in total. The molecule has 296 valence electrons. The largest absolute Gasteiger partial charge is 0.460 e. The van der Waals surface area contributed by atoms with Crippen molar-refractivity contribution in [3.63, 3.8) is 0 Å². The second-order valence-electron chi connectivity index (χ2n) is 12.1. The highest BCUT2D eigenvalue weighted by Gasteiger charge is 2.18. The summed E-state index contributed by atoms with van der Waals surface area (Å²) in [4.78, 5) is 44.0. The number of nitrogen functional groups attached to an aromatic ring is 2. The van der Waals surface area contributed by atoms with E-state index in [1.807, 2.05) is 13.8 Å². The topological polar surface area (TPSA) is 234 Å². The van der Waals surface area contributed by atoms with Crippen molar-refractivity contribution in [1.82, 2.24) is 14.9 Å². The number of nitrogens with two attached hydrogens (primary N) is 2. The third-order valence-corrected chi connectivity index (χ3v) is 7.40. The molecule has 0 spiro atoms. The van der Waals surface area contributed by atoms with E-state index in [2.05, 4.69) is 15.6 Å². The van der Waals surface area contributed by atoms with E-state index in [0.29, 0.717) is 77.2 Å². The summed E-state index contributed by atoms with van der Waals surface area (Å²) in [6, 6.07) is 11.4. The second-order valence-corrected chi connectivity index (χ2v) is 12.1. The highest BCUT2D eigenvalue weighted by atomic mass is 16.6. The van der Waals surface area contributed by atoms with Gasteiger partial charge in [-0.3, -0.25) is 19.6 Å². The van der Waals surface area contributed by atoms with Gasteiger partial charge in [-0.15, -0.1) is 0 Å². The third-order valence-electron chi connectivity index (χ3n) is 7.40. The molecule has 1 heterocycles. The zero-order valence-electron chi connectivity index (χ0n) is 31.2. The van der Waals surface area contributed by atoms with Crippen molar-refractivity contribution in [3.05, 3.63) is 75.7 Å². The first-order valence-corrected chi connectivity index (χ1v) is 17.6. The van der Waals surface area contributed by atoms with Gasteiger partial charge in [0.1, 0.15) is 19.0 Å². The molecule has 17 nitrogen and oxygen atoms in total. The number of rotatable bonds is 27. The van der Waals surface area contributed by atoms with Crippen LogP contribution in [0.5, 0.6) is 0 Å². The summed E-state index contributed by atoms with van der Waals surface area (Å²) in [7, 11) is 1.62. The number of amides is 1. The number of esters is 1. The fourth-order valence-electron chi connectivity index (χ4n) is 4.77. The number of hydrogen-bond acceptors (Lipinski definition) is 14. The Labute approximate surface area is 315 Å². The van der Waals surface area contributed by atoms with Gasteiger partial charge in [0.25, 0.3) is 5.56 Å². The zero-order valence-corrected chi connectivity index (χ0v) is 31.2. The Hall–Kier alpha value is -4.91. The van der Waals surface area contributed by atoms with Crippen LogP contribution in [0.25, 0.3) is 11.3 Å². The fraction of sp³-hybridized carbons (Fsp3) is 0.486. The van der Waals surface area contributed by atoms with E-state index >= 15 is 0 Å². The molecule has 0 saturated heterocycles. The van der Waals surface area contributed by atoms with Gasteiger partial charge in [-0.25, -0.2) is 9.78 Å². The molecule has 1 amide bonds. The van der Waals surface area contributed by atoms with Crippen LogP contribution in [-0.4, -0.2) is 120 Å². The Morgan fingerprint density at radius 3 is 1.91 bits per heavy atom. The number of benzene rings is 2. The predicted octanol–water partition coefficient (Wildman–Crippen LogP) is 1.80. The molecule has 3 aromatic rings. The Balaban J connectivity index is 1.47. The Bertz CT molecular complexity index is 1670. The van der Waals surface area contributed by atoms with Crippen molar-refractivity contribution in [2.24, 2.45) is 5.73 Å². The minimum absolute atomic E-state index is 0.0109. The van der Waals surface area contributed by atoms with E-state index in [9.17, 15) is 14.4 Å². The number of nitrogens with zero attached hydrogens (tertiary/aromatic N) is 2. The molecule has 0 aliphatic rings. The van der Waals surface area contributed by atoms with Gasteiger partial charge in [-0.1, -0.05) is 24.3 Å². The molecule has 0 aliphatic heterocycles. The van der Waals surface area contributed by atoms with E-state index in [4.69, 9.17) is 50.0 Å². The van der Waals surface area contributed by atoms with Crippen LogP contribution in [0.4, 0.5) is 11.5 Å². The number of methoxy groups -OCH3 is 1. The van der Waals surface area contributed by atoms with Crippen molar-refractivity contribution in [3.8, 4) is 11.3 Å². The van der Waals surface area contributed by atoms with Gasteiger partial charge < -0.3 is 55.3 Å². The first-order valence-electron chi connectivity index (χ1n) is 17.6. The Kier molecular flexibility index (Phi) is 19.7. The van der Waals surface area contributed by atoms with E-state index in [1.165, 1.54) is 22.9 Å². The zero-order chi connectivity index (χ0) is 39.1. The van der Waals surface area contributed by atoms with Crippen molar-refractivity contribution < 1.29 is 42.7 Å². The summed E-state index contributed by atoms with van der Waals surface area (Å²) >= 11 is 0. The van der Waals surface area contributed by atoms with E-state index in [0.717, 1.165) is 5.56 Å². The maximum absolute atomic E-state index is 13.6. The molecule has 0 atom stereocenters. The van der Waals surface area contributed by atoms with Crippen LogP contribution < -0.4 is 27.7 Å². The summed E-state index contributed by atoms with van der Waals surface area (Å²) in [6.45, 7) is 8.21. The lowest BCUT2D eigenvalue weighted by atomic mass is 10.1. The minimum Gasteiger partial charge on any atom is -0.460 e. The van der Waals surface area contributed by atoms with E-state index < -0.39 is 17.4 Å². The van der Waals surface area contributed by atoms with E-state index in [-0.39, 0.29) is 60.9 Å². The van der Waals surface area contributed by atoms with Crippen LogP contribution in [-0.2, 0) is 51.0 Å². The second kappa shape index (κ2) is 24.4. The van der Waals surface area contributed by atoms with Gasteiger partial charge in [-0.05, 0) is 37.6 Å². The number of anilines is 2. The highest BCUT2D eigenvalue weighted by Crippen LogP contribution is 2.24. The monoisotopic (exact) mass is 755 g/mol. The van der Waals surface area contributed by atoms with Crippen LogP contribution in [0, 0.1) is 5.41 Å². The molecular weight excluding hydrogens is 702 g/mol. The van der Waals surface area contributed by atoms with Crippen molar-refractivity contribution in [1.29, 1.82) is 5.41 Å². The average Bonchev–Trinajstić information content (AvgIpc) is 3.14. The summed E-state index contributed by atoms with van der Waals surface area (Å²) in [5.74, 6) is -1.06. The molecular formula is C37H53N7O10. The number of hydrogen-bond donors (Lipinski definition) is 5. The minimum atomic E-state index is -0.642. The van der Waals surface area contributed by atoms with Gasteiger partial charge in [-0.2, -0.15) is 0 Å². The lowest BCUT2D eigenvalue weighted by Crippen LogP contribution is -2.35. The van der Waals surface area contributed by atoms with Crippen molar-refractivity contribution in [2.75, 3.05) is 97.4 Å². The van der Waals surface area contributed by atoms with Crippen LogP contribution >= 0.6 is 0 Å². The summed E-state index contributed by atoms with van der Waals surface area (Å²) < 4.78 is 38.7. The normalized spacial score (nSPS) is 11.1. The number of carbonyl (C=O) groups is 2. The quantitative estimate of drug-likeness (QED) is 0.0246. The first kappa shape index (κ1) is 43.5. The van der Waals surface area contributed by atoms with Gasteiger partial charge in [0.05, 0.1) is 90.1 Å². The number of nitrogens with one attached hydrogen (secondary N) is 3. The van der Waals surface area contributed by atoms with Crippen LogP contribution in [0.1, 0.15) is 35.3 Å². The summed E-state index contributed by atoms with van der Waals surface area (Å²) in [6.07, 6.45) is 1.45. The number of amidine groups is 1. The molecule has 54 heavy (non-hydrogen) atoms. The number of carbonyl (C=O) groups excluding carboxylic acids is 2. The lowest BCUT2D eigenvalue weighted by Gasteiger charge is -2.17. The summed E-state index contributed by atoms with van der Waals surface area (Å²) in [5.41, 5.74) is 13.6. The molecule has 0 aliphatic carbocycles. The molecule has 17 heteroatoms. The van der Waals surface area contributed by atoms with Crippen LogP contribution in [0.3, 0.4) is 0 Å². The number of aromatic nitrogens is 2. The average molecular weight is 756 g/mol. The first-order chi connectivity index (χ1) is 26.1. The highest BCUT2D eigenvalue weighted by molar-refractivity contribution is 5.95. The maximum atomic E-state index is 13.6. The third kappa shape index (κ3) is 16.0.